The number of esters is 1. The number of ether oxygens (including phenoxy) is 2. The van der Waals surface area contributed by atoms with Crippen LogP contribution in [-0.4, -0.2) is 19.2 Å². The van der Waals surface area contributed by atoms with E-state index in [2.05, 4.69) is 0 Å². The summed E-state index contributed by atoms with van der Waals surface area (Å²) in [6.45, 7) is 3.45. The van der Waals surface area contributed by atoms with E-state index in [1.54, 1.807) is 13.8 Å². The van der Waals surface area contributed by atoms with Crippen LogP contribution in [0.1, 0.15) is 24.2 Å². The molecule has 0 N–H and O–H groups in total. The van der Waals surface area contributed by atoms with Gasteiger partial charge in [-0.05, 0) is 32.0 Å². The van der Waals surface area contributed by atoms with Crippen LogP contribution in [0.15, 0.2) is 18.2 Å². The van der Waals surface area contributed by atoms with Crippen molar-refractivity contribution in [2.45, 2.75) is 20.0 Å². The lowest BCUT2D eigenvalue weighted by molar-refractivity contribution is 0.0374. The Morgan fingerprint density at radius 1 is 1.40 bits per heavy atom. The van der Waals surface area contributed by atoms with Gasteiger partial charge in [-0.15, -0.1) is 0 Å². The van der Waals surface area contributed by atoms with Crippen molar-refractivity contribution in [3.8, 4) is 5.75 Å². The molecule has 0 bridgehead atoms. The van der Waals surface area contributed by atoms with Gasteiger partial charge >= 0.3 is 5.97 Å². The van der Waals surface area contributed by atoms with Gasteiger partial charge in [-0.2, -0.15) is 0 Å². The van der Waals surface area contributed by atoms with Crippen molar-refractivity contribution in [3.05, 3.63) is 29.6 Å². The summed E-state index contributed by atoms with van der Waals surface area (Å²) in [5.74, 6) is -0.769. The molecule has 0 aromatic heterocycles. The minimum Gasteiger partial charge on any atom is -0.496 e. The maximum absolute atomic E-state index is 12.9. The summed E-state index contributed by atoms with van der Waals surface area (Å²) in [4.78, 5) is 11.5. The average Bonchev–Trinajstić information content (AvgIpc) is 2.16. The number of rotatable bonds is 3. The van der Waals surface area contributed by atoms with Crippen LogP contribution in [-0.2, 0) is 4.74 Å². The predicted molar refractivity (Wildman–Crippen MR) is 53.5 cm³/mol. The van der Waals surface area contributed by atoms with E-state index in [1.165, 1.54) is 19.2 Å². The summed E-state index contributed by atoms with van der Waals surface area (Å²) >= 11 is 0. The second-order valence-electron chi connectivity index (χ2n) is 3.30. The topological polar surface area (TPSA) is 35.5 Å². The van der Waals surface area contributed by atoms with E-state index < -0.39 is 11.8 Å². The van der Waals surface area contributed by atoms with Gasteiger partial charge in [-0.25, -0.2) is 9.18 Å². The van der Waals surface area contributed by atoms with Crippen molar-refractivity contribution in [3.63, 3.8) is 0 Å². The highest BCUT2D eigenvalue weighted by atomic mass is 19.1. The maximum atomic E-state index is 12.9. The molecule has 3 nitrogen and oxygen atoms in total. The van der Waals surface area contributed by atoms with E-state index in [0.29, 0.717) is 5.75 Å². The van der Waals surface area contributed by atoms with Crippen LogP contribution in [0.2, 0.25) is 0 Å². The molecule has 0 heterocycles. The Morgan fingerprint density at radius 3 is 2.60 bits per heavy atom. The van der Waals surface area contributed by atoms with E-state index in [4.69, 9.17) is 9.47 Å². The number of hydrogen-bond acceptors (Lipinski definition) is 3. The van der Waals surface area contributed by atoms with Crippen LogP contribution in [0.3, 0.4) is 0 Å². The third-order valence-electron chi connectivity index (χ3n) is 1.72. The quantitative estimate of drug-likeness (QED) is 0.722. The number of carbonyl (C=O) groups is 1. The molecule has 0 spiro atoms. The van der Waals surface area contributed by atoms with Gasteiger partial charge in [0.25, 0.3) is 0 Å². The normalized spacial score (nSPS) is 10.2. The highest BCUT2D eigenvalue weighted by Crippen LogP contribution is 2.20. The molecule has 82 valence electrons. The molecule has 0 aliphatic rings. The lowest BCUT2D eigenvalue weighted by Crippen LogP contribution is -2.12. The molecular weight excluding hydrogens is 199 g/mol. The maximum Gasteiger partial charge on any atom is 0.342 e. The van der Waals surface area contributed by atoms with Crippen LogP contribution >= 0.6 is 0 Å². The van der Waals surface area contributed by atoms with Gasteiger partial charge in [0.2, 0.25) is 0 Å². The minimum atomic E-state index is -0.582. The van der Waals surface area contributed by atoms with Gasteiger partial charge in [0.15, 0.2) is 0 Å². The van der Waals surface area contributed by atoms with Gasteiger partial charge in [0.05, 0.1) is 13.2 Å². The fourth-order valence-electron chi connectivity index (χ4n) is 1.12. The first-order valence-electron chi connectivity index (χ1n) is 4.59. The molecule has 4 heteroatoms. The van der Waals surface area contributed by atoms with Crippen LogP contribution in [0.4, 0.5) is 4.39 Å². The lowest BCUT2D eigenvalue weighted by atomic mass is 10.2. The first-order valence-corrected chi connectivity index (χ1v) is 4.59. The van der Waals surface area contributed by atoms with Gasteiger partial charge in [-0.1, -0.05) is 0 Å². The third kappa shape index (κ3) is 2.94. The number of halogens is 1. The minimum absolute atomic E-state index is 0.103. The summed E-state index contributed by atoms with van der Waals surface area (Å²) in [6, 6.07) is 3.72. The highest BCUT2D eigenvalue weighted by Gasteiger charge is 2.15. The van der Waals surface area contributed by atoms with Gasteiger partial charge in [0, 0.05) is 0 Å². The summed E-state index contributed by atoms with van der Waals surface area (Å²) in [7, 11) is 1.42. The SMILES string of the molecule is COc1ccc(F)cc1C(=O)OC(C)C. The first kappa shape index (κ1) is 11.5. The molecule has 0 fully saturated rings. The Kier molecular flexibility index (Phi) is 3.66. The molecule has 0 amide bonds. The largest absolute Gasteiger partial charge is 0.496 e. The third-order valence-corrected chi connectivity index (χ3v) is 1.72. The molecule has 0 saturated heterocycles. The number of hydrogen-bond donors (Lipinski definition) is 0. The molecule has 1 rings (SSSR count). The zero-order chi connectivity index (χ0) is 11.4. The van der Waals surface area contributed by atoms with Gasteiger partial charge in [0.1, 0.15) is 17.1 Å². The smallest absolute Gasteiger partial charge is 0.342 e. The van der Waals surface area contributed by atoms with E-state index in [0.717, 1.165) is 6.07 Å². The van der Waals surface area contributed by atoms with E-state index >= 15 is 0 Å². The molecular formula is C11H13FO3. The van der Waals surface area contributed by atoms with E-state index in [-0.39, 0.29) is 11.7 Å². The predicted octanol–water partition coefficient (Wildman–Crippen LogP) is 2.40. The number of benzene rings is 1. The molecule has 0 aliphatic heterocycles. The summed E-state index contributed by atoms with van der Waals surface area (Å²) < 4.78 is 22.8. The van der Waals surface area contributed by atoms with Crippen LogP contribution in [0.25, 0.3) is 0 Å². The van der Waals surface area contributed by atoms with Crippen molar-refractivity contribution >= 4 is 5.97 Å². The highest BCUT2D eigenvalue weighted by molar-refractivity contribution is 5.92. The zero-order valence-electron chi connectivity index (χ0n) is 8.91. The van der Waals surface area contributed by atoms with Crippen LogP contribution in [0, 0.1) is 5.82 Å². The number of carbonyl (C=O) groups excluding carboxylic acids is 1. The Morgan fingerprint density at radius 2 is 2.07 bits per heavy atom. The molecule has 0 saturated carbocycles. The standard InChI is InChI=1S/C11H13FO3/c1-7(2)15-11(13)9-6-8(12)4-5-10(9)14-3/h4-7H,1-3H3. The van der Waals surface area contributed by atoms with Crippen molar-refractivity contribution in [1.29, 1.82) is 0 Å². The molecule has 15 heavy (non-hydrogen) atoms. The fraction of sp³-hybridized carbons (Fsp3) is 0.364. The average molecular weight is 212 g/mol. The van der Waals surface area contributed by atoms with E-state index in [9.17, 15) is 9.18 Å². The lowest BCUT2D eigenvalue weighted by Gasteiger charge is -2.10. The van der Waals surface area contributed by atoms with Crippen molar-refractivity contribution in [1.82, 2.24) is 0 Å². The molecule has 0 radical (unpaired) electrons. The molecule has 1 aromatic carbocycles. The monoisotopic (exact) mass is 212 g/mol. The van der Waals surface area contributed by atoms with E-state index in [1.807, 2.05) is 0 Å². The second-order valence-corrected chi connectivity index (χ2v) is 3.30. The second kappa shape index (κ2) is 4.77. The summed E-state index contributed by atoms with van der Waals surface area (Å²) in [5.41, 5.74) is 0.103. The Bertz CT molecular complexity index is 361. The molecule has 1 aromatic rings. The number of methoxy groups -OCH3 is 1. The zero-order valence-corrected chi connectivity index (χ0v) is 8.91. The van der Waals surface area contributed by atoms with Gasteiger partial charge in [-0.3, -0.25) is 0 Å². The molecule has 0 unspecified atom stereocenters. The van der Waals surface area contributed by atoms with Crippen molar-refractivity contribution in [2.24, 2.45) is 0 Å². The fourth-order valence-corrected chi connectivity index (χ4v) is 1.12. The molecule has 0 aliphatic carbocycles. The summed E-state index contributed by atoms with van der Waals surface area (Å²) in [6.07, 6.45) is -0.245. The van der Waals surface area contributed by atoms with Crippen molar-refractivity contribution < 1.29 is 18.7 Å². The first-order chi connectivity index (χ1) is 7.04. The van der Waals surface area contributed by atoms with Crippen LogP contribution < -0.4 is 4.74 Å². The summed E-state index contributed by atoms with van der Waals surface area (Å²) in [5, 5.41) is 0. The van der Waals surface area contributed by atoms with Crippen molar-refractivity contribution in [2.75, 3.05) is 7.11 Å². The van der Waals surface area contributed by atoms with Gasteiger partial charge < -0.3 is 9.47 Å². The Balaban J connectivity index is 3.00. The Hall–Kier alpha value is -1.58. The van der Waals surface area contributed by atoms with Crippen LogP contribution in [0.5, 0.6) is 5.75 Å². The Labute approximate surface area is 87.8 Å². The molecule has 0 atom stereocenters.